The largest absolute Gasteiger partial charge is 0.495 e. The average Bonchev–Trinajstić information content (AvgIpc) is 2.61. The van der Waals surface area contributed by atoms with Gasteiger partial charge in [0.1, 0.15) is 5.75 Å². The van der Waals surface area contributed by atoms with Crippen molar-refractivity contribution in [2.45, 2.75) is 17.1 Å². The van der Waals surface area contributed by atoms with Gasteiger partial charge >= 0.3 is 0 Å². The van der Waals surface area contributed by atoms with Crippen molar-refractivity contribution >= 4 is 35.0 Å². The van der Waals surface area contributed by atoms with Gasteiger partial charge in [-0.15, -0.1) is 11.8 Å². The lowest BCUT2D eigenvalue weighted by Gasteiger charge is -2.14. The lowest BCUT2D eigenvalue weighted by atomic mass is 10.3. The van der Waals surface area contributed by atoms with E-state index in [9.17, 15) is 4.79 Å². The van der Waals surface area contributed by atoms with Crippen molar-refractivity contribution < 1.29 is 19.0 Å². The normalized spacial score (nSPS) is 11.6. The highest BCUT2D eigenvalue weighted by molar-refractivity contribution is 8.00. The third-order valence-electron chi connectivity index (χ3n) is 3.46. The number of benzene rings is 2. The molecule has 7 heteroatoms. The summed E-state index contributed by atoms with van der Waals surface area (Å²) in [6.45, 7) is 1.84. The molecule has 0 saturated carbocycles. The molecule has 1 N–H and O–H groups in total. The minimum Gasteiger partial charge on any atom is -0.495 e. The van der Waals surface area contributed by atoms with E-state index in [0.717, 1.165) is 4.90 Å². The molecule has 0 heterocycles. The van der Waals surface area contributed by atoms with Crippen LogP contribution in [-0.4, -0.2) is 32.5 Å². The number of nitrogens with one attached hydrogen (secondary N) is 1. The molecule has 5 nitrogen and oxygen atoms in total. The Morgan fingerprint density at radius 3 is 2.24 bits per heavy atom. The van der Waals surface area contributed by atoms with Crippen LogP contribution in [0, 0.1) is 0 Å². The molecule has 0 saturated heterocycles. The second-order valence-electron chi connectivity index (χ2n) is 5.12. The molecule has 1 atom stereocenters. The Morgan fingerprint density at radius 2 is 1.64 bits per heavy atom. The van der Waals surface area contributed by atoms with E-state index in [4.69, 9.17) is 25.8 Å². The number of methoxy groups -OCH3 is 3. The van der Waals surface area contributed by atoms with Crippen LogP contribution in [0.2, 0.25) is 5.02 Å². The van der Waals surface area contributed by atoms with Crippen LogP contribution >= 0.6 is 23.4 Å². The van der Waals surface area contributed by atoms with Gasteiger partial charge in [0.05, 0.1) is 31.6 Å². The van der Waals surface area contributed by atoms with Gasteiger partial charge in [0.15, 0.2) is 11.5 Å². The summed E-state index contributed by atoms with van der Waals surface area (Å²) in [5.41, 5.74) is 0.621. The maximum atomic E-state index is 12.4. The minimum absolute atomic E-state index is 0.124. The van der Waals surface area contributed by atoms with Gasteiger partial charge in [0.2, 0.25) is 5.91 Å². The van der Waals surface area contributed by atoms with E-state index in [-0.39, 0.29) is 11.2 Å². The molecule has 0 bridgehead atoms. The second-order valence-corrected chi connectivity index (χ2v) is 6.94. The van der Waals surface area contributed by atoms with Crippen LogP contribution in [0.5, 0.6) is 17.2 Å². The van der Waals surface area contributed by atoms with Gasteiger partial charge in [0.25, 0.3) is 0 Å². The molecular weight excluding hydrogens is 362 g/mol. The summed E-state index contributed by atoms with van der Waals surface area (Å²) >= 11 is 7.50. The fourth-order valence-electron chi connectivity index (χ4n) is 2.14. The average molecular weight is 382 g/mol. The quantitative estimate of drug-likeness (QED) is 0.716. The molecule has 0 fully saturated rings. The Kier molecular flexibility index (Phi) is 6.84. The molecule has 0 aromatic heterocycles. The van der Waals surface area contributed by atoms with E-state index in [2.05, 4.69) is 5.32 Å². The second kappa shape index (κ2) is 8.87. The number of carbonyl (C=O) groups is 1. The molecule has 134 valence electrons. The molecule has 1 amide bonds. The van der Waals surface area contributed by atoms with Gasteiger partial charge in [-0.1, -0.05) is 11.6 Å². The van der Waals surface area contributed by atoms with E-state index in [1.165, 1.54) is 11.8 Å². The van der Waals surface area contributed by atoms with E-state index < -0.39 is 0 Å². The fourth-order valence-corrected chi connectivity index (χ4v) is 3.29. The highest BCUT2D eigenvalue weighted by Crippen LogP contribution is 2.34. The van der Waals surface area contributed by atoms with Gasteiger partial charge in [-0.3, -0.25) is 4.79 Å². The first-order chi connectivity index (χ1) is 12.0. The maximum absolute atomic E-state index is 12.4. The van der Waals surface area contributed by atoms with Crippen LogP contribution in [0.3, 0.4) is 0 Å². The minimum atomic E-state index is -0.307. The summed E-state index contributed by atoms with van der Waals surface area (Å²) in [7, 11) is 4.71. The number of ether oxygens (including phenoxy) is 3. The Bertz CT molecular complexity index is 754. The smallest absolute Gasteiger partial charge is 0.237 e. The van der Waals surface area contributed by atoms with Crippen LogP contribution in [0.25, 0.3) is 0 Å². The molecule has 0 spiro atoms. The fraction of sp³-hybridized carbons (Fsp3) is 0.278. The van der Waals surface area contributed by atoms with E-state index >= 15 is 0 Å². The predicted molar refractivity (Wildman–Crippen MR) is 101 cm³/mol. The van der Waals surface area contributed by atoms with Gasteiger partial charge < -0.3 is 19.5 Å². The molecule has 0 unspecified atom stereocenters. The van der Waals surface area contributed by atoms with Crippen LogP contribution in [0.4, 0.5) is 5.69 Å². The Balaban J connectivity index is 2.04. The summed E-state index contributed by atoms with van der Waals surface area (Å²) in [6.07, 6.45) is 0. The standard InChI is InChI=1S/C18H20ClNO4S/c1-11(25-13-6-8-16(23-3)17(10-13)24-4)18(21)20-12-5-7-15(22-2)14(19)9-12/h5-11H,1-4H3,(H,20,21)/t11-/m0/s1. The van der Waals surface area contributed by atoms with Crippen LogP contribution < -0.4 is 19.5 Å². The number of rotatable bonds is 7. The lowest BCUT2D eigenvalue weighted by Crippen LogP contribution is -2.22. The zero-order chi connectivity index (χ0) is 18.4. The molecule has 0 aliphatic heterocycles. The highest BCUT2D eigenvalue weighted by Gasteiger charge is 2.16. The lowest BCUT2D eigenvalue weighted by molar-refractivity contribution is -0.115. The molecule has 2 rings (SSSR count). The monoisotopic (exact) mass is 381 g/mol. The van der Waals surface area contributed by atoms with Crippen LogP contribution in [0.1, 0.15) is 6.92 Å². The van der Waals surface area contributed by atoms with E-state index in [1.807, 2.05) is 25.1 Å². The first-order valence-electron chi connectivity index (χ1n) is 7.51. The number of hydrogen-bond acceptors (Lipinski definition) is 5. The zero-order valence-corrected chi connectivity index (χ0v) is 16.0. The third kappa shape index (κ3) is 4.96. The first-order valence-corrected chi connectivity index (χ1v) is 8.77. The number of thioether (sulfide) groups is 1. The highest BCUT2D eigenvalue weighted by atomic mass is 35.5. The van der Waals surface area contributed by atoms with Gasteiger partial charge in [-0.25, -0.2) is 0 Å². The van der Waals surface area contributed by atoms with Crippen LogP contribution in [-0.2, 0) is 4.79 Å². The van der Waals surface area contributed by atoms with Crippen molar-refractivity contribution in [3.05, 3.63) is 41.4 Å². The first kappa shape index (κ1) is 19.3. The summed E-state index contributed by atoms with van der Waals surface area (Å²) < 4.78 is 15.6. The van der Waals surface area contributed by atoms with Crippen molar-refractivity contribution in [3.63, 3.8) is 0 Å². The summed E-state index contributed by atoms with van der Waals surface area (Å²) in [5, 5.41) is 2.99. The zero-order valence-electron chi connectivity index (χ0n) is 14.5. The number of halogens is 1. The molecule has 2 aromatic carbocycles. The van der Waals surface area contributed by atoms with Crippen LogP contribution in [0.15, 0.2) is 41.3 Å². The SMILES string of the molecule is COc1ccc(NC(=O)[C@H](C)Sc2ccc(OC)c(OC)c2)cc1Cl. The van der Waals surface area contributed by atoms with Gasteiger partial charge in [-0.05, 0) is 43.3 Å². The summed E-state index contributed by atoms with van der Waals surface area (Å²) in [5.74, 6) is 1.72. The van der Waals surface area contributed by atoms with Crippen molar-refractivity contribution in [2.75, 3.05) is 26.6 Å². The predicted octanol–water partition coefficient (Wildman–Crippen LogP) is 4.49. The molecule has 25 heavy (non-hydrogen) atoms. The molecule has 2 aromatic rings. The van der Waals surface area contributed by atoms with E-state index in [0.29, 0.717) is 28.0 Å². The van der Waals surface area contributed by atoms with E-state index in [1.54, 1.807) is 39.5 Å². The maximum Gasteiger partial charge on any atom is 0.237 e. The number of anilines is 1. The molecule has 0 aliphatic rings. The Hall–Kier alpha value is -2.05. The molecule has 0 aliphatic carbocycles. The third-order valence-corrected chi connectivity index (χ3v) is 4.85. The van der Waals surface area contributed by atoms with Crippen molar-refractivity contribution in [1.29, 1.82) is 0 Å². The van der Waals surface area contributed by atoms with Gasteiger partial charge in [0, 0.05) is 10.6 Å². The molecule has 0 radical (unpaired) electrons. The Labute approximate surface area is 156 Å². The topological polar surface area (TPSA) is 56.8 Å². The number of hydrogen-bond donors (Lipinski definition) is 1. The summed E-state index contributed by atoms with van der Waals surface area (Å²) in [4.78, 5) is 13.3. The Morgan fingerprint density at radius 1 is 1.00 bits per heavy atom. The summed E-state index contributed by atoms with van der Waals surface area (Å²) in [6, 6.07) is 10.7. The molecular formula is C18H20ClNO4S. The van der Waals surface area contributed by atoms with Gasteiger partial charge in [-0.2, -0.15) is 0 Å². The van der Waals surface area contributed by atoms with Crippen molar-refractivity contribution in [3.8, 4) is 17.2 Å². The van der Waals surface area contributed by atoms with Crippen molar-refractivity contribution in [2.24, 2.45) is 0 Å². The van der Waals surface area contributed by atoms with Crippen molar-refractivity contribution in [1.82, 2.24) is 0 Å². The number of amides is 1. The number of carbonyl (C=O) groups excluding carboxylic acids is 1.